The van der Waals surface area contributed by atoms with Gasteiger partial charge in [-0.15, -0.1) is 0 Å². The van der Waals surface area contributed by atoms with Gasteiger partial charge in [-0.25, -0.2) is 0 Å². The lowest BCUT2D eigenvalue weighted by Crippen LogP contribution is -2.13. The van der Waals surface area contributed by atoms with Crippen molar-refractivity contribution < 1.29 is 5.11 Å². The number of hydrogen-bond donors (Lipinski definition) is 2. The van der Waals surface area contributed by atoms with E-state index in [1.54, 1.807) is 0 Å². The van der Waals surface area contributed by atoms with E-state index in [0.717, 1.165) is 29.4 Å². The van der Waals surface area contributed by atoms with Gasteiger partial charge in [0.1, 0.15) is 0 Å². The third kappa shape index (κ3) is 12.7. The number of anilines is 1. The zero-order valence-corrected chi connectivity index (χ0v) is 19.5. The van der Waals surface area contributed by atoms with Crippen LogP contribution < -0.4 is 5.73 Å². The van der Waals surface area contributed by atoms with E-state index in [2.05, 4.69) is 19.1 Å². The summed E-state index contributed by atoms with van der Waals surface area (Å²) in [5.74, 6) is 1.79. The summed E-state index contributed by atoms with van der Waals surface area (Å²) in [5, 5.41) is 7.98. The van der Waals surface area contributed by atoms with E-state index in [4.69, 9.17) is 10.8 Å². The lowest BCUT2D eigenvalue weighted by atomic mass is 9.77. The minimum Gasteiger partial charge on any atom is -0.516 e. The number of benzene rings is 1. The van der Waals surface area contributed by atoms with Gasteiger partial charge in [0.05, 0.1) is 6.26 Å². The molecule has 2 fully saturated rings. The number of hydrogen-bond acceptors (Lipinski definition) is 2. The van der Waals surface area contributed by atoms with Gasteiger partial charge in [0, 0.05) is 5.69 Å². The maximum Gasteiger partial charge on any atom is 0.0778 e. The average Bonchev–Trinajstić information content (AvgIpc) is 2.77. The van der Waals surface area contributed by atoms with Crippen LogP contribution in [0.1, 0.15) is 122 Å². The van der Waals surface area contributed by atoms with Crippen LogP contribution >= 0.6 is 0 Å². The second kappa shape index (κ2) is 16.4. The predicted molar refractivity (Wildman–Crippen MR) is 129 cm³/mol. The Kier molecular flexibility index (Phi) is 14.4. The normalized spacial score (nSPS) is 21.1. The van der Waals surface area contributed by atoms with Crippen LogP contribution in [0.15, 0.2) is 36.1 Å². The van der Waals surface area contributed by atoms with E-state index < -0.39 is 0 Å². The number of rotatable bonds is 5. The smallest absolute Gasteiger partial charge is 0.0778 e. The summed E-state index contributed by atoms with van der Waals surface area (Å²) in [6.07, 6.45) is 21.4. The molecule has 0 saturated heterocycles. The molecule has 2 nitrogen and oxygen atoms in total. The highest BCUT2D eigenvalue weighted by molar-refractivity contribution is 5.40. The monoisotopic (exact) mass is 401 g/mol. The van der Waals surface area contributed by atoms with Gasteiger partial charge in [-0.3, -0.25) is 0 Å². The average molecular weight is 402 g/mol. The van der Waals surface area contributed by atoms with Crippen LogP contribution in [0.3, 0.4) is 0 Å². The van der Waals surface area contributed by atoms with E-state index >= 15 is 0 Å². The summed E-state index contributed by atoms with van der Waals surface area (Å²) < 4.78 is 0. The Bertz CT molecular complexity index is 506. The maximum absolute atomic E-state index is 7.98. The second-order valence-electron chi connectivity index (χ2n) is 9.21. The quantitative estimate of drug-likeness (QED) is 0.294. The SMILES string of the molecule is C1CCCCC1.CC(C)=CO.CCCCCC1CCC(c2ccc(N)cc2)CC1. The third-order valence-electron chi connectivity index (χ3n) is 6.23. The Balaban J connectivity index is 0.000000312. The van der Waals surface area contributed by atoms with Crippen molar-refractivity contribution in [2.45, 2.75) is 117 Å². The molecule has 2 heteroatoms. The molecular weight excluding hydrogens is 354 g/mol. The Hall–Kier alpha value is -1.44. The van der Waals surface area contributed by atoms with Gasteiger partial charge in [0.15, 0.2) is 0 Å². The van der Waals surface area contributed by atoms with Crippen molar-refractivity contribution in [1.82, 2.24) is 0 Å². The standard InChI is InChI=1S/C17H27N.C6H12.C4H8O/c1-2-3-4-5-14-6-8-15(9-7-14)16-10-12-17(18)13-11-16;1-2-4-6-5-3-1;1-4(2)3-5/h10-15H,2-9,18H2,1H3;1-6H2;3,5H,1-2H3. The molecule has 3 rings (SSSR count). The fourth-order valence-electron chi connectivity index (χ4n) is 4.30. The van der Waals surface area contributed by atoms with Crippen molar-refractivity contribution in [2.75, 3.05) is 5.73 Å². The van der Waals surface area contributed by atoms with Crippen molar-refractivity contribution in [3.05, 3.63) is 41.7 Å². The van der Waals surface area contributed by atoms with E-state index in [1.165, 1.54) is 95.5 Å². The van der Waals surface area contributed by atoms with Crippen molar-refractivity contribution in [2.24, 2.45) is 5.92 Å². The number of allylic oxidation sites excluding steroid dienone is 1. The fraction of sp³-hybridized carbons (Fsp3) is 0.704. The van der Waals surface area contributed by atoms with E-state index in [1.807, 2.05) is 26.0 Å². The van der Waals surface area contributed by atoms with E-state index in [9.17, 15) is 0 Å². The minimum atomic E-state index is 0.785. The van der Waals surface area contributed by atoms with Gasteiger partial charge >= 0.3 is 0 Å². The van der Waals surface area contributed by atoms with Crippen LogP contribution in [0.25, 0.3) is 0 Å². The molecule has 0 aliphatic heterocycles. The maximum atomic E-state index is 7.98. The Morgan fingerprint density at radius 1 is 0.897 bits per heavy atom. The summed E-state index contributed by atoms with van der Waals surface area (Å²) in [6, 6.07) is 8.53. The first-order chi connectivity index (χ1) is 14.1. The summed E-state index contributed by atoms with van der Waals surface area (Å²) in [6.45, 7) is 5.96. The number of nitrogen functional groups attached to an aromatic ring is 1. The van der Waals surface area contributed by atoms with Crippen LogP contribution in [0.5, 0.6) is 0 Å². The molecule has 0 spiro atoms. The fourth-order valence-corrected chi connectivity index (χ4v) is 4.30. The van der Waals surface area contributed by atoms with Crippen LogP contribution in [0.4, 0.5) is 5.69 Å². The molecule has 1 aromatic carbocycles. The van der Waals surface area contributed by atoms with Crippen LogP contribution in [0, 0.1) is 5.92 Å². The van der Waals surface area contributed by atoms with Gasteiger partial charge in [-0.1, -0.05) is 83.3 Å². The van der Waals surface area contributed by atoms with Crippen LogP contribution in [-0.2, 0) is 0 Å². The molecule has 0 amide bonds. The molecular formula is C27H47NO. The zero-order chi connectivity index (χ0) is 21.3. The topological polar surface area (TPSA) is 46.2 Å². The number of nitrogens with two attached hydrogens (primary N) is 1. The Morgan fingerprint density at radius 3 is 1.79 bits per heavy atom. The minimum absolute atomic E-state index is 0.785. The molecule has 0 heterocycles. The van der Waals surface area contributed by atoms with Crippen molar-refractivity contribution in [3.63, 3.8) is 0 Å². The molecule has 2 saturated carbocycles. The lowest BCUT2D eigenvalue weighted by molar-refractivity contribution is 0.303. The highest BCUT2D eigenvalue weighted by Gasteiger charge is 2.21. The molecule has 2 aliphatic rings. The summed E-state index contributed by atoms with van der Waals surface area (Å²) in [7, 11) is 0. The summed E-state index contributed by atoms with van der Waals surface area (Å²) >= 11 is 0. The van der Waals surface area contributed by atoms with Gasteiger partial charge in [-0.05, 0) is 74.6 Å². The van der Waals surface area contributed by atoms with E-state index in [-0.39, 0.29) is 0 Å². The number of unbranched alkanes of at least 4 members (excludes halogenated alkanes) is 2. The molecule has 3 N–H and O–H groups in total. The van der Waals surface area contributed by atoms with Crippen molar-refractivity contribution >= 4 is 5.69 Å². The first-order valence-electron chi connectivity index (χ1n) is 12.2. The van der Waals surface area contributed by atoms with Crippen molar-refractivity contribution in [3.8, 4) is 0 Å². The van der Waals surface area contributed by atoms with Gasteiger partial charge in [-0.2, -0.15) is 0 Å². The highest BCUT2D eigenvalue weighted by Crippen LogP contribution is 2.37. The number of aliphatic hydroxyl groups is 1. The van der Waals surface area contributed by atoms with Gasteiger partial charge in [0.2, 0.25) is 0 Å². The zero-order valence-electron chi connectivity index (χ0n) is 19.5. The molecule has 0 bridgehead atoms. The molecule has 166 valence electrons. The molecule has 0 unspecified atom stereocenters. The van der Waals surface area contributed by atoms with Crippen molar-refractivity contribution in [1.29, 1.82) is 0 Å². The third-order valence-corrected chi connectivity index (χ3v) is 6.23. The van der Waals surface area contributed by atoms with Gasteiger partial charge < -0.3 is 10.8 Å². The molecule has 2 aliphatic carbocycles. The molecule has 0 aromatic heterocycles. The first kappa shape index (κ1) is 25.6. The highest BCUT2D eigenvalue weighted by atomic mass is 16.2. The Labute approximate surface area is 181 Å². The van der Waals surface area contributed by atoms with E-state index in [0.29, 0.717) is 0 Å². The Morgan fingerprint density at radius 2 is 1.38 bits per heavy atom. The van der Waals surface area contributed by atoms with Crippen LogP contribution in [0.2, 0.25) is 0 Å². The molecule has 0 atom stereocenters. The molecule has 0 radical (unpaired) electrons. The number of aliphatic hydroxyl groups excluding tert-OH is 1. The van der Waals surface area contributed by atoms with Crippen LogP contribution in [-0.4, -0.2) is 5.11 Å². The summed E-state index contributed by atoms with van der Waals surface area (Å²) in [4.78, 5) is 0. The first-order valence-corrected chi connectivity index (χ1v) is 12.2. The van der Waals surface area contributed by atoms with Gasteiger partial charge in [0.25, 0.3) is 0 Å². The lowest BCUT2D eigenvalue weighted by Gasteiger charge is -2.29. The largest absolute Gasteiger partial charge is 0.516 e. The molecule has 29 heavy (non-hydrogen) atoms. The molecule has 1 aromatic rings. The summed E-state index contributed by atoms with van der Waals surface area (Å²) in [5.41, 5.74) is 9.06. The predicted octanol–water partition coefficient (Wildman–Crippen LogP) is 8.93. The second-order valence-corrected chi connectivity index (χ2v) is 9.21.